The zero-order chi connectivity index (χ0) is 28.7. The number of primary amides is 1. The van der Waals surface area contributed by atoms with Crippen molar-refractivity contribution in [3.8, 4) is 27.7 Å². The van der Waals surface area contributed by atoms with E-state index in [1.54, 1.807) is 30.3 Å². The van der Waals surface area contributed by atoms with Gasteiger partial charge >= 0.3 is 5.97 Å². The molecule has 0 aliphatic carbocycles. The molecular formula is C30H31N3O6S. The van der Waals surface area contributed by atoms with Crippen molar-refractivity contribution >= 4 is 23.2 Å². The van der Waals surface area contributed by atoms with E-state index in [1.807, 2.05) is 56.3 Å². The summed E-state index contributed by atoms with van der Waals surface area (Å²) in [6.45, 7) is 4.48. The van der Waals surface area contributed by atoms with Gasteiger partial charge in [0.05, 0.1) is 0 Å². The third-order valence-corrected chi connectivity index (χ3v) is 7.12. The van der Waals surface area contributed by atoms with Gasteiger partial charge in [0.2, 0.25) is 0 Å². The Morgan fingerprint density at radius 1 is 1.02 bits per heavy atom. The molecule has 0 spiro atoms. The van der Waals surface area contributed by atoms with E-state index in [0.717, 1.165) is 16.0 Å². The Labute approximate surface area is 236 Å². The van der Waals surface area contributed by atoms with Crippen molar-refractivity contribution in [3.63, 3.8) is 0 Å². The number of rotatable bonds is 13. The van der Waals surface area contributed by atoms with Crippen LogP contribution in [-0.2, 0) is 6.42 Å². The number of amides is 1. The number of carbonyl (C=O) groups is 2. The second-order valence-corrected chi connectivity index (χ2v) is 10.9. The second kappa shape index (κ2) is 12.7. The van der Waals surface area contributed by atoms with Crippen molar-refractivity contribution < 1.29 is 29.3 Å². The Morgan fingerprint density at radius 3 is 2.45 bits per heavy atom. The topological polar surface area (TPSA) is 144 Å². The van der Waals surface area contributed by atoms with Gasteiger partial charge in [0.15, 0.2) is 11.4 Å². The number of β-amino-alcohol motifs (C(OH)–C–C–N with tert-alkyl or cyclic N) is 1. The van der Waals surface area contributed by atoms with Crippen LogP contribution >= 0.6 is 11.3 Å². The summed E-state index contributed by atoms with van der Waals surface area (Å²) >= 11 is 1.18. The number of nitrogens with zero attached hydrogens (tertiary/aromatic N) is 1. The molecule has 2 aromatic carbocycles. The smallest absolute Gasteiger partial charge is 0.345 e. The molecular weight excluding hydrogens is 530 g/mol. The van der Waals surface area contributed by atoms with Gasteiger partial charge in [-0.3, -0.25) is 4.79 Å². The summed E-state index contributed by atoms with van der Waals surface area (Å²) in [6, 6.07) is 21.5. The van der Waals surface area contributed by atoms with Crippen LogP contribution < -0.4 is 20.5 Å². The van der Waals surface area contributed by atoms with Crippen molar-refractivity contribution in [1.82, 2.24) is 10.3 Å². The number of aromatic carboxylic acids is 1. The molecule has 5 N–H and O–H groups in total. The monoisotopic (exact) mass is 561 g/mol. The summed E-state index contributed by atoms with van der Waals surface area (Å²) in [7, 11) is 0. The van der Waals surface area contributed by atoms with Gasteiger partial charge in [-0.15, -0.1) is 11.3 Å². The van der Waals surface area contributed by atoms with Gasteiger partial charge in [-0.1, -0.05) is 24.3 Å². The van der Waals surface area contributed by atoms with E-state index >= 15 is 0 Å². The average molecular weight is 562 g/mol. The van der Waals surface area contributed by atoms with Crippen LogP contribution in [0.2, 0.25) is 0 Å². The van der Waals surface area contributed by atoms with Crippen LogP contribution in [0.4, 0.5) is 0 Å². The van der Waals surface area contributed by atoms with Gasteiger partial charge < -0.3 is 30.7 Å². The molecule has 0 saturated carbocycles. The number of hydrogen-bond donors (Lipinski definition) is 4. The van der Waals surface area contributed by atoms with Crippen molar-refractivity contribution in [1.29, 1.82) is 0 Å². The first-order valence-corrected chi connectivity index (χ1v) is 13.4. The predicted molar refractivity (Wildman–Crippen MR) is 153 cm³/mol. The predicted octanol–water partition coefficient (Wildman–Crippen LogP) is 4.75. The number of aliphatic hydroxyl groups is 1. The fourth-order valence-corrected chi connectivity index (χ4v) is 4.94. The number of pyridine rings is 1. The fraction of sp³-hybridized carbons (Fsp3) is 0.233. The molecule has 0 aliphatic heterocycles. The van der Waals surface area contributed by atoms with E-state index in [0.29, 0.717) is 30.2 Å². The van der Waals surface area contributed by atoms with Gasteiger partial charge in [-0.2, -0.15) is 0 Å². The zero-order valence-electron chi connectivity index (χ0n) is 22.2. The van der Waals surface area contributed by atoms with Crippen LogP contribution in [0.5, 0.6) is 17.2 Å². The molecule has 0 bridgehead atoms. The Hall–Kier alpha value is -4.25. The number of nitrogens with two attached hydrogens (primary N) is 1. The number of benzene rings is 2. The van der Waals surface area contributed by atoms with Crippen LogP contribution in [-0.4, -0.2) is 51.9 Å². The second-order valence-electron chi connectivity index (χ2n) is 9.83. The van der Waals surface area contributed by atoms with Crippen LogP contribution in [0.3, 0.4) is 0 Å². The van der Waals surface area contributed by atoms with Gasteiger partial charge in [-0.05, 0) is 74.4 Å². The normalized spacial score (nSPS) is 12.1. The standard InChI is InChI=1S/C30H31N3O6S/c1-30(2,16-19-9-11-21(12-10-19)39-24-8-5-15-32-27(24)28(31)35)33-17-20(34)18-38-23-7-4-3-6-22(23)25-13-14-26(40-25)29(36)37/h3-15,20,33-34H,16-18H2,1-2H3,(H2,31,35)(H,36,37)/t20-/m0/s1. The molecule has 9 nitrogen and oxygen atoms in total. The van der Waals surface area contributed by atoms with Gasteiger partial charge in [0, 0.05) is 28.7 Å². The van der Waals surface area contributed by atoms with Crippen LogP contribution in [0.15, 0.2) is 79.0 Å². The van der Waals surface area contributed by atoms with E-state index in [-0.39, 0.29) is 22.7 Å². The Bertz CT molecular complexity index is 1470. The number of carboxylic acids is 1. The maximum Gasteiger partial charge on any atom is 0.345 e. The molecule has 40 heavy (non-hydrogen) atoms. The molecule has 4 aromatic rings. The highest BCUT2D eigenvalue weighted by Gasteiger charge is 2.20. The average Bonchev–Trinajstić information content (AvgIpc) is 3.43. The number of aromatic nitrogens is 1. The third-order valence-electron chi connectivity index (χ3n) is 6.02. The largest absolute Gasteiger partial charge is 0.490 e. The Balaban J connectivity index is 1.29. The van der Waals surface area contributed by atoms with E-state index in [9.17, 15) is 19.8 Å². The quantitative estimate of drug-likeness (QED) is 0.183. The number of thiophene rings is 1. The molecule has 1 atom stereocenters. The van der Waals surface area contributed by atoms with Crippen LogP contribution in [0, 0.1) is 0 Å². The number of nitrogens with one attached hydrogen (secondary N) is 1. The first-order valence-electron chi connectivity index (χ1n) is 12.6. The lowest BCUT2D eigenvalue weighted by atomic mass is 9.94. The molecule has 2 aromatic heterocycles. The van der Waals surface area contributed by atoms with Crippen molar-refractivity contribution in [2.45, 2.75) is 31.9 Å². The lowest BCUT2D eigenvalue weighted by molar-refractivity contribution is 0.0702. The maximum absolute atomic E-state index is 11.6. The minimum Gasteiger partial charge on any atom is -0.490 e. The fourth-order valence-electron chi connectivity index (χ4n) is 4.07. The molecule has 0 fully saturated rings. The molecule has 2 heterocycles. The molecule has 0 radical (unpaired) electrons. The van der Waals surface area contributed by atoms with E-state index in [2.05, 4.69) is 10.3 Å². The van der Waals surface area contributed by atoms with E-state index < -0.39 is 18.0 Å². The van der Waals surface area contributed by atoms with E-state index in [1.165, 1.54) is 17.5 Å². The zero-order valence-corrected chi connectivity index (χ0v) is 23.0. The minimum atomic E-state index is -0.966. The molecule has 10 heteroatoms. The molecule has 0 saturated heterocycles. The summed E-state index contributed by atoms with van der Waals surface area (Å²) in [5.74, 6) is -0.194. The first kappa shape index (κ1) is 28.8. The summed E-state index contributed by atoms with van der Waals surface area (Å²) in [4.78, 5) is 27.8. The Kier molecular flexibility index (Phi) is 9.15. The molecule has 208 valence electrons. The molecule has 1 amide bonds. The third kappa shape index (κ3) is 7.66. The van der Waals surface area contributed by atoms with Gasteiger partial charge in [0.1, 0.15) is 29.1 Å². The highest BCUT2D eigenvalue weighted by Crippen LogP contribution is 2.35. The molecule has 0 unspecified atom stereocenters. The summed E-state index contributed by atoms with van der Waals surface area (Å²) in [5, 5.41) is 23.2. The van der Waals surface area contributed by atoms with Crippen molar-refractivity contribution in [2.75, 3.05) is 13.2 Å². The number of para-hydroxylation sites is 1. The maximum atomic E-state index is 11.6. The number of aliphatic hydroxyl groups excluding tert-OH is 1. The number of carbonyl (C=O) groups excluding carboxylic acids is 1. The van der Waals surface area contributed by atoms with E-state index in [4.69, 9.17) is 15.2 Å². The lowest BCUT2D eigenvalue weighted by Crippen LogP contribution is -2.46. The number of hydrogen-bond acceptors (Lipinski definition) is 8. The van der Waals surface area contributed by atoms with Gasteiger partial charge in [-0.25, -0.2) is 9.78 Å². The van der Waals surface area contributed by atoms with Crippen LogP contribution in [0.1, 0.15) is 39.6 Å². The Morgan fingerprint density at radius 2 is 1.75 bits per heavy atom. The van der Waals surface area contributed by atoms with Crippen molar-refractivity contribution in [2.24, 2.45) is 5.73 Å². The van der Waals surface area contributed by atoms with Crippen LogP contribution in [0.25, 0.3) is 10.4 Å². The summed E-state index contributed by atoms with van der Waals surface area (Å²) < 4.78 is 11.7. The first-order chi connectivity index (χ1) is 19.1. The number of ether oxygens (including phenoxy) is 2. The molecule has 0 aliphatic rings. The highest BCUT2D eigenvalue weighted by molar-refractivity contribution is 7.17. The lowest BCUT2D eigenvalue weighted by Gasteiger charge is -2.28. The summed E-state index contributed by atoms with van der Waals surface area (Å²) in [5.41, 5.74) is 6.95. The van der Waals surface area contributed by atoms with Crippen molar-refractivity contribution in [3.05, 3.63) is 95.1 Å². The minimum absolute atomic E-state index is 0.0711. The summed E-state index contributed by atoms with van der Waals surface area (Å²) in [6.07, 6.45) is 1.41. The SMILES string of the molecule is CC(C)(Cc1ccc(Oc2cccnc2C(N)=O)cc1)NC[C@H](O)COc1ccccc1-c1ccc(C(=O)O)s1. The van der Waals surface area contributed by atoms with Gasteiger partial charge in [0.25, 0.3) is 5.91 Å². The number of carboxylic acid groups (broad SMARTS) is 1. The molecule has 4 rings (SSSR count). The highest BCUT2D eigenvalue weighted by atomic mass is 32.1.